The lowest BCUT2D eigenvalue weighted by molar-refractivity contribution is -0.133. The van der Waals surface area contributed by atoms with Crippen LogP contribution in [0.1, 0.15) is 12.0 Å². The van der Waals surface area contributed by atoms with Crippen molar-refractivity contribution in [1.82, 2.24) is 10.2 Å². The number of anilines is 1. The summed E-state index contributed by atoms with van der Waals surface area (Å²) >= 11 is 5.94. The molecule has 7 nitrogen and oxygen atoms in total. The molecule has 0 bridgehead atoms. The number of rotatable bonds is 8. The predicted octanol–water partition coefficient (Wildman–Crippen LogP) is 2.75. The van der Waals surface area contributed by atoms with Crippen molar-refractivity contribution in [2.45, 2.75) is 12.8 Å². The average Bonchev–Trinajstić information content (AvgIpc) is 2.81. The van der Waals surface area contributed by atoms with E-state index < -0.39 is 0 Å². The highest BCUT2D eigenvalue weighted by atomic mass is 35.5. The first-order valence-electron chi connectivity index (χ1n) is 10.3. The topological polar surface area (TPSA) is 71.1 Å². The fourth-order valence-electron chi connectivity index (χ4n) is 3.64. The minimum atomic E-state index is -0.168. The molecule has 0 atom stereocenters. The number of carbonyl (C=O) groups excluding carboxylic acids is 2. The molecule has 0 saturated carbocycles. The molecule has 2 aromatic carbocycles. The van der Waals surface area contributed by atoms with Crippen LogP contribution >= 0.6 is 11.6 Å². The third-order valence-electron chi connectivity index (χ3n) is 5.37. The highest BCUT2D eigenvalue weighted by molar-refractivity contribution is 6.30. The Labute approximate surface area is 187 Å². The second-order valence-electron chi connectivity index (χ2n) is 7.27. The van der Waals surface area contributed by atoms with Crippen molar-refractivity contribution in [3.8, 4) is 11.5 Å². The summed E-state index contributed by atoms with van der Waals surface area (Å²) in [6.45, 7) is 2.75. The van der Waals surface area contributed by atoms with E-state index in [1.54, 1.807) is 19.1 Å². The molecule has 166 valence electrons. The van der Waals surface area contributed by atoms with Gasteiger partial charge in [-0.05, 0) is 42.3 Å². The number of para-hydroxylation sites is 1. The first kappa shape index (κ1) is 22.7. The number of hydrogen-bond acceptors (Lipinski definition) is 5. The highest BCUT2D eigenvalue weighted by Gasteiger charge is 2.21. The van der Waals surface area contributed by atoms with Crippen molar-refractivity contribution in [3.63, 3.8) is 0 Å². The van der Waals surface area contributed by atoms with Crippen LogP contribution in [0.4, 0.5) is 5.69 Å². The van der Waals surface area contributed by atoms with Gasteiger partial charge in [-0.25, -0.2) is 0 Å². The molecule has 0 radical (unpaired) electrons. The standard InChI is InChI=1S/C23H28ClN3O4/c1-30-20-5-3-4-17(23(20)31-2)6-11-21(28)25-16-22(29)27-14-12-26(13-15-27)19-9-7-18(24)8-10-19/h3-5,7-10H,6,11-16H2,1-2H3,(H,25,28). The summed E-state index contributed by atoms with van der Waals surface area (Å²) in [7, 11) is 3.15. The van der Waals surface area contributed by atoms with Gasteiger partial charge in [0.15, 0.2) is 11.5 Å². The maximum atomic E-state index is 12.5. The number of benzene rings is 2. The van der Waals surface area contributed by atoms with E-state index in [1.165, 1.54) is 0 Å². The van der Waals surface area contributed by atoms with Gasteiger partial charge >= 0.3 is 0 Å². The molecular weight excluding hydrogens is 418 g/mol. The number of nitrogens with one attached hydrogen (secondary N) is 1. The summed E-state index contributed by atoms with van der Waals surface area (Å²) in [6.07, 6.45) is 0.765. The Hall–Kier alpha value is -2.93. The van der Waals surface area contributed by atoms with Crippen LogP contribution < -0.4 is 19.7 Å². The number of ether oxygens (including phenoxy) is 2. The van der Waals surface area contributed by atoms with Gasteiger partial charge in [-0.2, -0.15) is 0 Å². The van der Waals surface area contributed by atoms with Gasteiger partial charge in [0.1, 0.15) is 0 Å². The molecule has 8 heteroatoms. The largest absolute Gasteiger partial charge is 0.493 e. The molecule has 1 heterocycles. The zero-order chi connectivity index (χ0) is 22.2. The van der Waals surface area contributed by atoms with Crippen molar-refractivity contribution in [3.05, 3.63) is 53.1 Å². The average molecular weight is 446 g/mol. The number of halogens is 1. The molecule has 1 saturated heterocycles. The maximum absolute atomic E-state index is 12.5. The van der Waals surface area contributed by atoms with Crippen LogP contribution in [0.3, 0.4) is 0 Å². The third-order valence-corrected chi connectivity index (χ3v) is 5.62. The lowest BCUT2D eigenvalue weighted by atomic mass is 10.1. The molecule has 2 aromatic rings. The molecule has 0 aromatic heterocycles. The van der Waals surface area contributed by atoms with Gasteiger partial charge < -0.3 is 24.6 Å². The van der Waals surface area contributed by atoms with Gasteiger partial charge in [0.25, 0.3) is 0 Å². The lowest BCUT2D eigenvalue weighted by Crippen LogP contribution is -2.51. The molecule has 0 unspecified atom stereocenters. The van der Waals surface area contributed by atoms with E-state index in [2.05, 4.69) is 10.2 Å². The van der Waals surface area contributed by atoms with E-state index in [9.17, 15) is 9.59 Å². The Morgan fingerprint density at radius 1 is 1.00 bits per heavy atom. The number of methoxy groups -OCH3 is 2. The Bertz CT molecular complexity index is 896. The van der Waals surface area contributed by atoms with Gasteiger partial charge in [0, 0.05) is 43.3 Å². The van der Waals surface area contributed by atoms with Gasteiger partial charge in [-0.1, -0.05) is 23.7 Å². The van der Waals surface area contributed by atoms with E-state index in [0.717, 1.165) is 24.3 Å². The van der Waals surface area contributed by atoms with Crippen LogP contribution in [0.15, 0.2) is 42.5 Å². The molecular formula is C23H28ClN3O4. The van der Waals surface area contributed by atoms with E-state index in [0.29, 0.717) is 36.0 Å². The quantitative estimate of drug-likeness (QED) is 0.676. The van der Waals surface area contributed by atoms with Crippen molar-refractivity contribution >= 4 is 29.1 Å². The van der Waals surface area contributed by atoms with Crippen LogP contribution in [0.25, 0.3) is 0 Å². The number of carbonyl (C=O) groups is 2. The molecule has 0 spiro atoms. The van der Waals surface area contributed by atoms with Crippen LogP contribution in [0, 0.1) is 0 Å². The highest BCUT2D eigenvalue weighted by Crippen LogP contribution is 2.31. The summed E-state index contributed by atoms with van der Waals surface area (Å²) in [4.78, 5) is 28.7. The summed E-state index contributed by atoms with van der Waals surface area (Å²) in [5.41, 5.74) is 1.99. The zero-order valence-electron chi connectivity index (χ0n) is 17.9. The van der Waals surface area contributed by atoms with Gasteiger partial charge in [0.05, 0.1) is 20.8 Å². The molecule has 3 rings (SSSR count). The zero-order valence-corrected chi connectivity index (χ0v) is 18.7. The Morgan fingerprint density at radius 2 is 1.71 bits per heavy atom. The summed E-state index contributed by atoms with van der Waals surface area (Å²) < 4.78 is 10.7. The fourth-order valence-corrected chi connectivity index (χ4v) is 3.77. The van der Waals surface area contributed by atoms with E-state index >= 15 is 0 Å². The van der Waals surface area contributed by atoms with Crippen LogP contribution in [-0.4, -0.2) is 63.7 Å². The molecule has 1 N–H and O–H groups in total. The number of aryl methyl sites for hydroxylation is 1. The minimum Gasteiger partial charge on any atom is -0.493 e. The number of amides is 2. The van der Waals surface area contributed by atoms with Crippen molar-refractivity contribution in [1.29, 1.82) is 0 Å². The smallest absolute Gasteiger partial charge is 0.242 e. The van der Waals surface area contributed by atoms with Gasteiger partial charge in [-0.3, -0.25) is 9.59 Å². The van der Waals surface area contributed by atoms with Gasteiger partial charge in [-0.15, -0.1) is 0 Å². The molecule has 2 amide bonds. The second kappa shape index (κ2) is 10.9. The van der Waals surface area contributed by atoms with Crippen molar-refractivity contribution in [2.75, 3.05) is 51.8 Å². The lowest BCUT2D eigenvalue weighted by Gasteiger charge is -2.36. The van der Waals surface area contributed by atoms with E-state index in [1.807, 2.05) is 42.5 Å². The molecule has 1 aliphatic heterocycles. The fraction of sp³-hybridized carbons (Fsp3) is 0.391. The number of piperazine rings is 1. The van der Waals surface area contributed by atoms with Crippen molar-refractivity contribution in [2.24, 2.45) is 0 Å². The molecule has 0 aliphatic carbocycles. The van der Waals surface area contributed by atoms with Crippen LogP contribution in [-0.2, 0) is 16.0 Å². The number of hydrogen-bond donors (Lipinski definition) is 1. The van der Waals surface area contributed by atoms with Crippen LogP contribution in [0.5, 0.6) is 11.5 Å². The summed E-state index contributed by atoms with van der Waals surface area (Å²) in [5, 5.41) is 3.44. The minimum absolute atomic E-state index is 0.00895. The van der Waals surface area contributed by atoms with Crippen molar-refractivity contribution < 1.29 is 19.1 Å². The molecule has 1 aliphatic rings. The Balaban J connectivity index is 1.42. The first-order valence-corrected chi connectivity index (χ1v) is 10.6. The Kier molecular flexibility index (Phi) is 8.00. The monoisotopic (exact) mass is 445 g/mol. The van der Waals surface area contributed by atoms with E-state index in [-0.39, 0.29) is 24.8 Å². The summed E-state index contributed by atoms with van der Waals surface area (Å²) in [6, 6.07) is 13.3. The molecule has 1 fully saturated rings. The molecule has 31 heavy (non-hydrogen) atoms. The first-order chi connectivity index (χ1) is 15.0. The number of nitrogens with zero attached hydrogens (tertiary/aromatic N) is 2. The van der Waals surface area contributed by atoms with E-state index in [4.69, 9.17) is 21.1 Å². The second-order valence-corrected chi connectivity index (χ2v) is 7.71. The maximum Gasteiger partial charge on any atom is 0.242 e. The third kappa shape index (κ3) is 6.04. The van der Waals surface area contributed by atoms with Gasteiger partial charge in [0.2, 0.25) is 11.8 Å². The predicted molar refractivity (Wildman–Crippen MR) is 121 cm³/mol. The normalized spacial score (nSPS) is 13.6. The Morgan fingerprint density at radius 3 is 2.35 bits per heavy atom. The summed E-state index contributed by atoms with van der Waals surface area (Å²) in [5.74, 6) is 1.03. The van der Waals surface area contributed by atoms with Crippen LogP contribution in [0.2, 0.25) is 5.02 Å². The SMILES string of the molecule is COc1cccc(CCC(=O)NCC(=O)N2CCN(c3ccc(Cl)cc3)CC2)c1OC.